The second-order valence-corrected chi connectivity index (χ2v) is 3.15. The van der Waals surface area contributed by atoms with E-state index in [9.17, 15) is 18.0 Å². The predicted molar refractivity (Wildman–Crippen MR) is 40.2 cm³/mol. The van der Waals surface area contributed by atoms with Gasteiger partial charge in [0.2, 0.25) is 0 Å². The average Bonchev–Trinajstić information content (AvgIpc) is 1.92. The van der Waals surface area contributed by atoms with Crippen LogP contribution in [0.4, 0.5) is 18.0 Å². The zero-order valence-corrected chi connectivity index (χ0v) is 7.19. The molecule has 0 aromatic rings. The maximum absolute atomic E-state index is 11.8. The molecule has 1 N–H and O–H groups in total. The molecule has 0 radical (unpaired) electrons. The van der Waals surface area contributed by atoms with E-state index in [-0.39, 0.29) is 19.1 Å². The van der Waals surface area contributed by atoms with Gasteiger partial charge in [0.1, 0.15) is 0 Å². The largest absolute Gasteiger partial charge is 0.389 e. The van der Waals surface area contributed by atoms with E-state index in [2.05, 4.69) is 5.32 Å². The molecule has 0 bridgehead atoms. The Balaban J connectivity index is 2.22. The van der Waals surface area contributed by atoms with Crippen molar-refractivity contribution >= 4 is 6.03 Å². The van der Waals surface area contributed by atoms with Gasteiger partial charge in [0, 0.05) is 32.5 Å². The third-order valence-corrected chi connectivity index (χ3v) is 1.98. The van der Waals surface area contributed by atoms with Crippen LogP contribution in [0.1, 0.15) is 6.42 Å². The number of hydrogen-bond donors (Lipinski definition) is 1. The number of likely N-dealkylation sites (tertiary alicyclic amines) is 1. The number of urea groups is 1. The molecular formula is C7H11F3N2O. The Hall–Kier alpha value is -0.940. The highest BCUT2D eigenvalue weighted by atomic mass is 19.4. The number of hydrogen-bond acceptors (Lipinski definition) is 1. The minimum Gasteiger partial charge on any atom is -0.341 e. The van der Waals surface area contributed by atoms with Crippen molar-refractivity contribution in [3.63, 3.8) is 0 Å². The van der Waals surface area contributed by atoms with Gasteiger partial charge in [-0.2, -0.15) is 13.2 Å². The summed E-state index contributed by atoms with van der Waals surface area (Å²) in [6.07, 6.45) is -4.90. The molecule has 0 spiro atoms. The van der Waals surface area contributed by atoms with Crippen LogP contribution >= 0.6 is 0 Å². The molecule has 0 atom stereocenters. The van der Waals surface area contributed by atoms with E-state index >= 15 is 0 Å². The molecule has 0 saturated carbocycles. The lowest BCUT2D eigenvalue weighted by Gasteiger charge is -2.39. The molecule has 6 heteroatoms. The zero-order chi connectivity index (χ0) is 10.1. The fourth-order valence-corrected chi connectivity index (χ4v) is 1.35. The Morgan fingerprint density at radius 3 is 2.46 bits per heavy atom. The number of nitrogens with one attached hydrogen (secondary N) is 1. The van der Waals surface area contributed by atoms with Crippen molar-refractivity contribution in [1.82, 2.24) is 10.2 Å². The summed E-state index contributed by atoms with van der Waals surface area (Å²) in [6.45, 7) is 0.415. The molecule has 1 fully saturated rings. The van der Waals surface area contributed by atoms with Gasteiger partial charge in [0.15, 0.2) is 0 Å². The van der Waals surface area contributed by atoms with Crippen LogP contribution in [0.15, 0.2) is 0 Å². The number of amides is 2. The van der Waals surface area contributed by atoms with Crippen LogP contribution in [0.3, 0.4) is 0 Å². The number of carbonyl (C=O) groups is 1. The summed E-state index contributed by atoms with van der Waals surface area (Å²) < 4.78 is 35.5. The van der Waals surface area contributed by atoms with E-state index < -0.39 is 18.5 Å². The number of halogens is 3. The lowest BCUT2D eigenvalue weighted by Crippen LogP contribution is -2.54. The van der Waals surface area contributed by atoms with Crippen molar-refractivity contribution in [2.75, 3.05) is 20.1 Å². The van der Waals surface area contributed by atoms with Gasteiger partial charge in [0.25, 0.3) is 0 Å². The average molecular weight is 196 g/mol. The van der Waals surface area contributed by atoms with Crippen LogP contribution in [0, 0.1) is 5.92 Å². The second kappa shape index (κ2) is 3.43. The fraction of sp³-hybridized carbons (Fsp3) is 0.857. The molecule has 1 aliphatic rings. The summed E-state index contributed by atoms with van der Waals surface area (Å²) in [5.41, 5.74) is 0. The van der Waals surface area contributed by atoms with Crippen molar-refractivity contribution < 1.29 is 18.0 Å². The first kappa shape index (κ1) is 10.1. The van der Waals surface area contributed by atoms with Crippen molar-refractivity contribution in [2.45, 2.75) is 12.6 Å². The molecule has 2 amide bonds. The van der Waals surface area contributed by atoms with Crippen LogP contribution < -0.4 is 5.32 Å². The maximum atomic E-state index is 11.8. The second-order valence-electron chi connectivity index (χ2n) is 3.15. The molecule has 13 heavy (non-hydrogen) atoms. The van der Waals surface area contributed by atoms with Crippen LogP contribution in [0.5, 0.6) is 0 Å². The zero-order valence-electron chi connectivity index (χ0n) is 7.19. The first-order valence-corrected chi connectivity index (χ1v) is 3.96. The van der Waals surface area contributed by atoms with Gasteiger partial charge in [-0.05, 0) is 0 Å². The number of nitrogens with zero attached hydrogens (tertiary/aromatic N) is 1. The molecule has 3 nitrogen and oxygen atoms in total. The molecule has 0 aromatic heterocycles. The van der Waals surface area contributed by atoms with Crippen LogP contribution in [0.25, 0.3) is 0 Å². The van der Waals surface area contributed by atoms with Crippen molar-refractivity contribution in [2.24, 2.45) is 5.92 Å². The highest BCUT2D eigenvalue weighted by Gasteiger charge is 2.39. The van der Waals surface area contributed by atoms with E-state index in [0.717, 1.165) is 0 Å². The van der Waals surface area contributed by atoms with E-state index in [1.165, 1.54) is 11.9 Å². The van der Waals surface area contributed by atoms with E-state index in [0.29, 0.717) is 0 Å². The quantitative estimate of drug-likeness (QED) is 0.671. The number of alkyl halides is 3. The lowest BCUT2D eigenvalue weighted by molar-refractivity contribution is -0.153. The summed E-state index contributed by atoms with van der Waals surface area (Å²) in [5, 5.41) is 2.36. The van der Waals surface area contributed by atoms with Gasteiger partial charge in [0.05, 0.1) is 0 Å². The topological polar surface area (TPSA) is 32.3 Å². The number of rotatable bonds is 1. The standard InChI is InChI=1S/C7H11F3N2O/c1-11-6(13)12-3-5(4-12)2-7(8,9)10/h5H,2-4H2,1H3,(H,11,13). The highest BCUT2D eigenvalue weighted by Crippen LogP contribution is 2.29. The highest BCUT2D eigenvalue weighted by molar-refractivity contribution is 5.74. The Morgan fingerprint density at radius 1 is 1.54 bits per heavy atom. The van der Waals surface area contributed by atoms with Crippen molar-refractivity contribution in [3.05, 3.63) is 0 Å². The van der Waals surface area contributed by atoms with Crippen LogP contribution in [0.2, 0.25) is 0 Å². The third-order valence-electron chi connectivity index (χ3n) is 1.98. The number of carbonyl (C=O) groups excluding carboxylic acids is 1. The molecule has 1 heterocycles. The van der Waals surface area contributed by atoms with E-state index in [1.807, 2.05) is 0 Å². The Bertz CT molecular complexity index is 198. The lowest BCUT2D eigenvalue weighted by atomic mass is 9.97. The monoisotopic (exact) mass is 196 g/mol. The molecule has 1 rings (SSSR count). The summed E-state index contributed by atoms with van der Waals surface area (Å²) >= 11 is 0. The molecule has 0 aliphatic carbocycles. The Morgan fingerprint density at radius 2 is 2.08 bits per heavy atom. The maximum Gasteiger partial charge on any atom is 0.389 e. The molecule has 1 aliphatic heterocycles. The van der Waals surface area contributed by atoms with E-state index in [4.69, 9.17) is 0 Å². The Kier molecular flexibility index (Phi) is 2.68. The summed E-state index contributed by atoms with van der Waals surface area (Å²) in [6, 6.07) is -0.307. The van der Waals surface area contributed by atoms with Crippen LogP contribution in [-0.2, 0) is 0 Å². The van der Waals surface area contributed by atoms with E-state index in [1.54, 1.807) is 0 Å². The van der Waals surface area contributed by atoms with Gasteiger partial charge < -0.3 is 10.2 Å². The Labute approximate surface area is 73.9 Å². The fourth-order valence-electron chi connectivity index (χ4n) is 1.35. The first-order valence-electron chi connectivity index (χ1n) is 3.96. The summed E-state index contributed by atoms with van der Waals surface area (Å²) in [7, 11) is 1.46. The minimum absolute atomic E-state index is 0.208. The molecule has 0 unspecified atom stereocenters. The smallest absolute Gasteiger partial charge is 0.341 e. The van der Waals surface area contributed by atoms with Gasteiger partial charge in [-0.25, -0.2) is 4.79 Å². The summed E-state index contributed by atoms with van der Waals surface area (Å²) in [4.78, 5) is 12.2. The predicted octanol–water partition coefficient (Wildman–Crippen LogP) is 1.21. The van der Waals surface area contributed by atoms with Crippen LogP contribution in [-0.4, -0.2) is 37.2 Å². The van der Waals surface area contributed by atoms with Gasteiger partial charge >= 0.3 is 12.2 Å². The van der Waals surface area contributed by atoms with Crippen molar-refractivity contribution in [3.8, 4) is 0 Å². The molecule has 76 valence electrons. The van der Waals surface area contributed by atoms with Crippen molar-refractivity contribution in [1.29, 1.82) is 0 Å². The third kappa shape index (κ3) is 2.78. The first-order chi connectivity index (χ1) is 5.92. The molecular weight excluding hydrogens is 185 g/mol. The summed E-state index contributed by atoms with van der Waals surface area (Å²) in [5.74, 6) is -0.419. The minimum atomic E-state index is -4.11. The molecule has 0 aromatic carbocycles. The van der Waals surface area contributed by atoms with Gasteiger partial charge in [-0.3, -0.25) is 0 Å². The van der Waals surface area contributed by atoms with Gasteiger partial charge in [-0.1, -0.05) is 0 Å². The normalized spacial score (nSPS) is 18.3. The molecule has 1 saturated heterocycles. The van der Waals surface area contributed by atoms with Gasteiger partial charge in [-0.15, -0.1) is 0 Å². The SMILES string of the molecule is CNC(=O)N1CC(CC(F)(F)F)C1.